The van der Waals surface area contributed by atoms with Crippen LogP contribution in [-0.4, -0.2) is 58.2 Å². The molecule has 0 aliphatic heterocycles. The van der Waals surface area contributed by atoms with Crippen molar-refractivity contribution in [2.45, 2.75) is 50.5 Å². The van der Waals surface area contributed by atoms with Gasteiger partial charge in [0.05, 0.1) is 11.1 Å². The standard InChI is InChI=1S/C18H31N3O3S2/c1-21(2)18(11-6-4-5-7-12-18)14-19-17(22)16-9-8-15(25-16)10-13-20-26(3,23)24/h8-9,20H,4-7,10-14H2,1-3H3,(H,19,22). The van der Waals surface area contributed by atoms with Crippen molar-refractivity contribution in [2.24, 2.45) is 0 Å². The summed E-state index contributed by atoms with van der Waals surface area (Å²) in [5, 5.41) is 3.13. The Balaban J connectivity index is 1.90. The Hall–Kier alpha value is -0.960. The van der Waals surface area contributed by atoms with Gasteiger partial charge in [-0.3, -0.25) is 4.79 Å². The van der Waals surface area contributed by atoms with E-state index in [0.29, 0.717) is 24.4 Å². The molecule has 6 nitrogen and oxygen atoms in total. The molecule has 1 saturated carbocycles. The smallest absolute Gasteiger partial charge is 0.261 e. The molecule has 2 rings (SSSR count). The van der Waals surface area contributed by atoms with E-state index in [1.54, 1.807) is 0 Å². The molecule has 1 heterocycles. The number of nitrogens with zero attached hydrogens (tertiary/aromatic N) is 1. The third kappa shape index (κ3) is 6.33. The second-order valence-corrected chi connectivity index (χ2v) is 10.4. The van der Waals surface area contributed by atoms with Crippen molar-refractivity contribution in [1.82, 2.24) is 14.9 Å². The summed E-state index contributed by atoms with van der Waals surface area (Å²) in [4.78, 5) is 16.5. The predicted octanol–water partition coefficient (Wildman–Crippen LogP) is 2.22. The predicted molar refractivity (Wildman–Crippen MR) is 107 cm³/mol. The van der Waals surface area contributed by atoms with E-state index in [1.165, 1.54) is 37.0 Å². The zero-order valence-electron chi connectivity index (χ0n) is 16.0. The summed E-state index contributed by atoms with van der Waals surface area (Å²) in [6.07, 6.45) is 8.95. The summed E-state index contributed by atoms with van der Waals surface area (Å²) in [5.41, 5.74) is 0.0473. The summed E-state index contributed by atoms with van der Waals surface area (Å²) >= 11 is 1.43. The highest BCUT2D eigenvalue weighted by Gasteiger charge is 2.33. The minimum Gasteiger partial charge on any atom is -0.349 e. The van der Waals surface area contributed by atoms with Gasteiger partial charge in [0.25, 0.3) is 5.91 Å². The van der Waals surface area contributed by atoms with Gasteiger partial charge in [-0.25, -0.2) is 13.1 Å². The second kappa shape index (κ2) is 9.30. The molecule has 148 valence electrons. The van der Waals surface area contributed by atoms with Gasteiger partial charge in [0, 0.05) is 23.5 Å². The van der Waals surface area contributed by atoms with Crippen LogP contribution in [0.1, 0.15) is 53.1 Å². The molecule has 2 N–H and O–H groups in total. The molecule has 1 aliphatic rings. The maximum atomic E-state index is 12.6. The van der Waals surface area contributed by atoms with Crippen molar-refractivity contribution in [3.63, 3.8) is 0 Å². The largest absolute Gasteiger partial charge is 0.349 e. The molecular weight excluding hydrogens is 370 g/mol. The summed E-state index contributed by atoms with van der Waals surface area (Å²) in [7, 11) is 1.04. The fourth-order valence-corrected chi connectivity index (χ4v) is 4.89. The van der Waals surface area contributed by atoms with Gasteiger partial charge in [-0.05, 0) is 45.5 Å². The van der Waals surface area contributed by atoms with Gasteiger partial charge in [0.15, 0.2) is 0 Å². The molecule has 1 amide bonds. The molecular formula is C18H31N3O3S2. The average Bonchev–Trinajstić information content (AvgIpc) is 2.88. The molecule has 0 bridgehead atoms. The minimum absolute atomic E-state index is 0.0391. The first kappa shape index (κ1) is 21.3. The monoisotopic (exact) mass is 401 g/mol. The first-order chi connectivity index (χ1) is 12.2. The Morgan fingerprint density at radius 2 is 1.85 bits per heavy atom. The maximum Gasteiger partial charge on any atom is 0.261 e. The van der Waals surface area contributed by atoms with E-state index in [-0.39, 0.29) is 11.4 Å². The summed E-state index contributed by atoms with van der Waals surface area (Å²) in [6.45, 7) is 1.02. The van der Waals surface area contributed by atoms with Crippen LogP contribution in [0.25, 0.3) is 0 Å². The van der Waals surface area contributed by atoms with Crippen LogP contribution in [-0.2, 0) is 16.4 Å². The Morgan fingerprint density at radius 1 is 1.19 bits per heavy atom. The van der Waals surface area contributed by atoms with Crippen LogP contribution in [0, 0.1) is 0 Å². The van der Waals surface area contributed by atoms with Gasteiger partial charge in [0.2, 0.25) is 10.0 Å². The van der Waals surface area contributed by atoms with Gasteiger partial charge < -0.3 is 10.2 Å². The van der Waals surface area contributed by atoms with Crippen molar-refractivity contribution >= 4 is 27.3 Å². The molecule has 0 spiro atoms. The number of thiophene rings is 1. The average molecular weight is 402 g/mol. The number of likely N-dealkylation sites (N-methyl/N-ethyl adjacent to an activating group) is 1. The van der Waals surface area contributed by atoms with E-state index in [0.717, 1.165) is 24.0 Å². The lowest BCUT2D eigenvalue weighted by Crippen LogP contribution is -2.52. The number of hydrogen-bond acceptors (Lipinski definition) is 5. The van der Waals surface area contributed by atoms with Crippen molar-refractivity contribution in [3.05, 3.63) is 21.9 Å². The highest BCUT2D eigenvalue weighted by atomic mass is 32.2. The van der Waals surface area contributed by atoms with Crippen molar-refractivity contribution < 1.29 is 13.2 Å². The van der Waals surface area contributed by atoms with Crippen LogP contribution >= 0.6 is 11.3 Å². The molecule has 0 atom stereocenters. The molecule has 1 aromatic rings. The second-order valence-electron chi connectivity index (χ2n) is 7.40. The SMILES string of the molecule is CN(C)C1(CNC(=O)c2ccc(CCNS(C)(=O)=O)s2)CCCCCC1. The van der Waals surface area contributed by atoms with Crippen LogP contribution in [0.4, 0.5) is 0 Å². The van der Waals surface area contributed by atoms with Gasteiger partial charge in [0.1, 0.15) is 0 Å². The van der Waals surface area contributed by atoms with E-state index in [1.807, 2.05) is 12.1 Å². The molecule has 0 unspecified atom stereocenters. The molecule has 8 heteroatoms. The van der Waals surface area contributed by atoms with Crippen LogP contribution in [0.2, 0.25) is 0 Å². The van der Waals surface area contributed by atoms with E-state index < -0.39 is 10.0 Å². The first-order valence-corrected chi connectivity index (χ1v) is 11.9. The Kier molecular flexibility index (Phi) is 7.63. The molecule has 0 saturated heterocycles. The molecule has 1 aromatic heterocycles. The molecule has 26 heavy (non-hydrogen) atoms. The Morgan fingerprint density at radius 3 is 2.42 bits per heavy atom. The Labute approximate surface area is 161 Å². The fraction of sp³-hybridized carbons (Fsp3) is 0.722. The number of amides is 1. The molecule has 0 aromatic carbocycles. The van der Waals surface area contributed by atoms with Crippen LogP contribution in [0.15, 0.2) is 12.1 Å². The lowest BCUT2D eigenvalue weighted by atomic mass is 9.88. The third-order valence-corrected chi connectivity index (χ3v) is 7.05. The number of carbonyl (C=O) groups excluding carboxylic acids is 1. The number of nitrogens with one attached hydrogen (secondary N) is 2. The maximum absolute atomic E-state index is 12.6. The summed E-state index contributed by atoms with van der Waals surface area (Å²) in [5.74, 6) is -0.0391. The van der Waals surface area contributed by atoms with E-state index in [4.69, 9.17) is 0 Å². The minimum atomic E-state index is -3.17. The normalized spacial score (nSPS) is 17.8. The lowest BCUT2D eigenvalue weighted by Gasteiger charge is -2.39. The third-order valence-electron chi connectivity index (χ3n) is 5.18. The van der Waals surface area contributed by atoms with E-state index in [9.17, 15) is 13.2 Å². The summed E-state index contributed by atoms with van der Waals surface area (Å²) in [6, 6.07) is 3.72. The molecule has 1 fully saturated rings. The molecule has 1 aliphatic carbocycles. The number of hydrogen-bond donors (Lipinski definition) is 2. The highest BCUT2D eigenvalue weighted by molar-refractivity contribution is 7.88. The van der Waals surface area contributed by atoms with Gasteiger partial charge in [-0.2, -0.15) is 0 Å². The van der Waals surface area contributed by atoms with E-state index in [2.05, 4.69) is 29.0 Å². The Bertz CT molecular complexity index is 690. The van der Waals surface area contributed by atoms with Crippen LogP contribution in [0.3, 0.4) is 0 Å². The van der Waals surface area contributed by atoms with Gasteiger partial charge in [-0.15, -0.1) is 11.3 Å². The quantitative estimate of drug-likeness (QED) is 0.655. The number of rotatable bonds is 8. The van der Waals surface area contributed by atoms with Gasteiger partial charge >= 0.3 is 0 Å². The van der Waals surface area contributed by atoms with Crippen molar-refractivity contribution in [3.8, 4) is 0 Å². The van der Waals surface area contributed by atoms with Crippen LogP contribution in [0.5, 0.6) is 0 Å². The number of carbonyl (C=O) groups is 1. The highest BCUT2D eigenvalue weighted by Crippen LogP contribution is 2.30. The first-order valence-electron chi connectivity index (χ1n) is 9.21. The lowest BCUT2D eigenvalue weighted by molar-refractivity contribution is 0.0873. The van der Waals surface area contributed by atoms with Crippen molar-refractivity contribution in [2.75, 3.05) is 33.4 Å². The van der Waals surface area contributed by atoms with Crippen LogP contribution < -0.4 is 10.0 Å². The zero-order chi connectivity index (χ0) is 19.2. The van der Waals surface area contributed by atoms with Gasteiger partial charge in [-0.1, -0.05) is 25.7 Å². The topological polar surface area (TPSA) is 78.5 Å². The zero-order valence-corrected chi connectivity index (χ0v) is 17.6. The van der Waals surface area contributed by atoms with Crippen molar-refractivity contribution in [1.29, 1.82) is 0 Å². The fourth-order valence-electron chi connectivity index (χ4n) is 3.49. The number of sulfonamides is 1. The summed E-state index contributed by atoms with van der Waals surface area (Å²) < 4.78 is 24.7. The van der Waals surface area contributed by atoms with E-state index >= 15 is 0 Å². The molecule has 0 radical (unpaired) electrons.